The largest absolute Gasteiger partial charge is 0.497 e. The number of hydrogen-bond donors (Lipinski definition) is 2. The van der Waals surface area contributed by atoms with Gasteiger partial charge in [-0.15, -0.1) is 0 Å². The molecular weight excluding hydrogens is 226 g/mol. The van der Waals surface area contributed by atoms with Gasteiger partial charge in [-0.25, -0.2) is 0 Å². The third-order valence-electron chi connectivity index (χ3n) is 3.09. The van der Waals surface area contributed by atoms with E-state index in [0.717, 1.165) is 30.3 Å². The van der Waals surface area contributed by atoms with Gasteiger partial charge in [-0.3, -0.25) is 4.99 Å². The smallest absolute Gasteiger partial charge is 0.193 e. The summed E-state index contributed by atoms with van der Waals surface area (Å²) in [7, 11) is 1.65. The number of methoxy groups -OCH3 is 1. The molecule has 98 valence electrons. The summed E-state index contributed by atoms with van der Waals surface area (Å²) in [5, 5.41) is 3.07. The molecule has 0 heterocycles. The predicted molar refractivity (Wildman–Crippen MR) is 75.1 cm³/mol. The Kier molecular flexibility index (Phi) is 4.45. The topological polar surface area (TPSA) is 59.6 Å². The maximum atomic E-state index is 5.83. The Labute approximate surface area is 108 Å². The number of ether oxygens (including phenoxy) is 1. The molecule has 0 radical (unpaired) electrons. The van der Waals surface area contributed by atoms with Gasteiger partial charge < -0.3 is 15.8 Å². The van der Waals surface area contributed by atoms with Gasteiger partial charge in [0.1, 0.15) is 5.75 Å². The van der Waals surface area contributed by atoms with Crippen LogP contribution in [0.15, 0.2) is 29.3 Å². The van der Waals surface area contributed by atoms with Crippen molar-refractivity contribution in [1.82, 2.24) is 0 Å². The van der Waals surface area contributed by atoms with Gasteiger partial charge in [0.15, 0.2) is 5.96 Å². The van der Waals surface area contributed by atoms with Crippen LogP contribution in [-0.4, -0.2) is 19.6 Å². The van der Waals surface area contributed by atoms with E-state index in [9.17, 15) is 0 Å². The number of anilines is 1. The Morgan fingerprint density at radius 1 is 1.50 bits per heavy atom. The quantitative estimate of drug-likeness (QED) is 0.461. The minimum atomic E-state index is 0.471. The third-order valence-corrected chi connectivity index (χ3v) is 3.09. The zero-order valence-electron chi connectivity index (χ0n) is 10.9. The highest BCUT2D eigenvalue weighted by atomic mass is 16.5. The zero-order valence-corrected chi connectivity index (χ0v) is 10.9. The van der Waals surface area contributed by atoms with Gasteiger partial charge in [0.05, 0.1) is 7.11 Å². The van der Waals surface area contributed by atoms with E-state index in [1.807, 2.05) is 24.3 Å². The van der Waals surface area contributed by atoms with E-state index in [2.05, 4.69) is 10.3 Å². The summed E-state index contributed by atoms with van der Waals surface area (Å²) in [4.78, 5) is 4.32. The second-order valence-corrected chi connectivity index (χ2v) is 4.71. The van der Waals surface area contributed by atoms with Gasteiger partial charge >= 0.3 is 0 Å². The molecule has 0 saturated heterocycles. The zero-order chi connectivity index (χ0) is 12.8. The van der Waals surface area contributed by atoms with E-state index in [0.29, 0.717) is 5.96 Å². The predicted octanol–water partition coefficient (Wildman–Crippen LogP) is 2.61. The number of hydrogen-bond acceptors (Lipinski definition) is 2. The number of benzene rings is 1. The number of nitrogens with zero attached hydrogens (tertiary/aromatic N) is 1. The van der Waals surface area contributed by atoms with Crippen molar-refractivity contribution < 1.29 is 4.74 Å². The van der Waals surface area contributed by atoms with Crippen LogP contribution >= 0.6 is 0 Å². The highest BCUT2D eigenvalue weighted by Gasteiger charge is 2.19. The molecule has 1 aliphatic carbocycles. The molecular formula is C14H21N3O. The summed E-state index contributed by atoms with van der Waals surface area (Å²) in [5.74, 6) is 2.24. The third kappa shape index (κ3) is 4.28. The highest BCUT2D eigenvalue weighted by Crippen LogP contribution is 2.33. The Bertz CT molecular complexity index is 413. The first-order chi connectivity index (χ1) is 8.78. The number of rotatable bonds is 6. The first-order valence-electron chi connectivity index (χ1n) is 6.49. The van der Waals surface area contributed by atoms with Crippen molar-refractivity contribution in [3.05, 3.63) is 24.3 Å². The Morgan fingerprint density at radius 3 is 3.06 bits per heavy atom. The average Bonchev–Trinajstić information content (AvgIpc) is 3.19. The van der Waals surface area contributed by atoms with Crippen LogP contribution < -0.4 is 15.8 Å². The maximum absolute atomic E-state index is 5.83. The van der Waals surface area contributed by atoms with Crippen molar-refractivity contribution in [2.45, 2.75) is 25.7 Å². The first kappa shape index (κ1) is 12.7. The lowest BCUT2D eigenvalue weighted by Gasteiger charge is -2.07. The van der Waals surface area contributed by atoms with E-state index in [-0.39, 0.29) is 0 Å². The van der Waals surface area contributed by atoms with Crippen LogP contribution in [0.25, 0.3) is 0 Å². The van der Waals surface area contributed by atoms with Gasteiger partial charge in [-0.05, 0) is 30.9 Å². The summed E-state index contributed by atoms with van der Waals surface area (Å²) >= 11 is 0. The van der Waals surface area contributed by atoms with Crippen molar-refractivity contribution in [3.8, 4) is 5.75 Å². The molecule has 0 atom stereocenters. The Balaban J connectivity index is 1.77. The van der Waals surface area contributed by atoms with Gasteiger partial charge in [-0.1, -0.05) is 18.9 Å². The van der Waals surface area contributed by atoms with Crippen LogP contribution in [0.2, 0.25) is 0 Å². The molecule has 1 fully saturated rings. The molecule has 3 N–H and O–H groups in total. The first-order valence-corrected chi connectivity index (χ1v) is 6.49. The second kappa shape index (κ2) is 6.28. The molecule has 0 unspecified atom stereocenters. The lowest BCUT2D eigenvalue weighted by Crippen LogP contribution is -2.22. The standard InChI is InChI=1S/C14H21N3O/c1-18-13-6-2-5-12(10-13)17-14(15)16-9-3-4-11-7-8-11/h2,5-6,10-11H,3-4,7-9H2,1H3,(H3,15,16,17). The van der Waals surface area contributed by atoms with Crippen LogP contribution in [-0.2, 0) is 0 Å². The van der Waals surface area contributed by atoms with Gasteiger partial charge in [-0.2, -0.15) is 0 Å². The number of nitrogens with two attached hydrogens (primary N) is 1. The number of aliphatic imine (C=N–C) groups is 1. The fourth-order valence-electron chi connectivity index (χ4n) is 1.87. The van der Waals surface area contributed by atoms with Crippen LogP contribution in [0.4, 0.5) is 5.69 Å². The molecule has 4 heteroatoms. The van der Waals surface area contributed by atoms with Crippen LogP contribution in [0, 0.1) is 5.92 Å². The fraction of sp³-hybridized carbons (Fsp3) is 0.500. The van der Waals surface area contributed by atoms with E-state index >= 15 is 0 Å². The molecule has 4 nitrogen and oxygen atoms in total. The van der Waals surface area contributed by atoms with Gasteiger partial charge in [0.25, 0.3) is 0 Å². The molecule has 1 aromatic carbocycles. The van der Waals surface area contributed by atoms with E-state index in [1.54, 1.807) is 7.11 Å². The lowest BCUT2D eigenvalue weighted by atomic mass is 10.2. The van der Waals surface area contributed by atoms with Crippen LogP contribution in [0.5, 0.6) is 5.75 Å². The molecule has 18 heavy (non-hydrogen) atoms. The second-order valence-electron chi connectivity index (χ2n) is 4.71. The molecule has 2 rings (SSSR count). The van der Waals surface area contributed by atoms with Crippen LogP contribution in [0.1, 0.15) is 25.7 Å². The molecule has 1 saturated carbocycles. The summed E-state index contributed by atoms with van der Waals surface area (Å²) in [6, 6.07) is 7.65. The minimum Gasteiger partial charge on any atom is -0.497 e. The van der Waals surface area contributed by atoms with Crippen LogP contribution in [0.3, 0.4) is 0 Å². The molecule has 1 aliphatic rings. The monoisotopic (exact) mass is 247 g/mol. The summed E-state index contributed by atoms with van der Waals surface area (Å²) in [5.41, 5.74) is 6.73. The molecule has 0 amide bonds. The van der Waals surface area contributed by atoms with Gasteiger partial charge in [0.2, 0.25) is 0 Å². The van der Waals surface area contributed by atoms with E-state index in [4.69, 9.17) is 10.5 Å². The summed E-state index contributed by atoms with van der Waals surface area (Å²) in [6.45, 7) is 0.805. The Hall–Kier alpha value is -1.71. The highest BCUT2D eigenvalue weighted by molar-refractivity contribution is 5.92. The average molecular weight is 247 g/mol. The van der Waals surface area contributed by atoms with E-state index < -0.39 is 0 Å². The minimum absolute atomic E-state index is 0.471. The molecule has 0 bridgehead atoms. The maximum Gasteiger partial charge on any atom is 0.193 e. The van der Waals surface area contributed by atoms with Crippen molar-refractivity contribution in [2.75, 3.05) is 19.0 Å². The molecule has 1 aromatic rings. The number of guanidine groups is 1. The van der Waals surface area contributed by atoms with Gasteiger partial charge in [0, 0.05) is 18.3 Å². The number of nitrogens with one attached hydrogen (secondary N) is 1. The summed E-state index contributed by atoms with van der Waals surface area (Å²) in [6.07, 6.45) is 5.23. The normalized spacial score (nSPS) is 15.5. The van der Waals surface area contributed by atoms with Crippen molar-refractivity contribution in [3.63, 3.8) is 0 Å². The summed E-state index contributed by atoms with van der Waals surface area (Å²) < 4.78 is 5.15. The molecule has 0 aromatic heterocycles. The molecule has 0 spiro atoms. The van der Waals surface area contributed by atoms with E-state index in [1.165, 1.54) is 19.3 Å². The Morgan fingerprint density at radius 2 is 2.33 bits per heavy atom. The van der Waals surface area contributed by atoms with Crippen molar-refractivity contribution in [1.29, 1.82) is 0 Å². The van der Waals surface area contributed by atoms with Crippen molar-refractivity contribution in [2.24, 2.45) is 16.6 Å². The SMILES string of the molecule is COc1cccc(NC(N)=NCCCC2CC2)c1. The lowest BCUT2D eigenvalue weighted by molar-refractivity contribution is 0.415. The molecule has 0 aliphatic heterocycles. The van der Waals surface area contributed by atoms with Crippen molar-refractivity contribution >= 4 is 11.6 Å². The fourth-order valence-corrected chi connectivity index (χ4v) is 1.87.